The Kier molecular flexibility index (Phi) is 4.42. The number of benzene rings is 1. The second-order valence-electron chi connectivity index (χ2n) is 4.18. The number of rotatable bonds is 2. The highest BCUT2D eigenvalue weighted by molar-refractivity contribution is 9.10. The van der Waals surface area contributed by atoms with Gasteiger partial charge in [0.2, 0.25) is 0 Å². The van der Waals surface area contributed by atoms with Crippen LogP contribution in [0.4, 0.5) is 0 Å². The Morgan fingerprint density at radius 3 is 2.71 bits per heavy atom. The third-order valence-corrected chi connectivity index (χ3v) is 3.85. The smallest absolute Gasteiger partial charge is 0.143 e. The van der Waals surface area contributed by atoms with Crippen molar-refractivity contribution in [2.24, 2.45) is 10.8 Å². The van der Waals surface area contributed by atoms with Crippen LogP contribution in [0.5, 0.6) is 0 Å². The SMILES string of the molecule is NNC(=NC1CCCC1)c1ccc(Cl)cc1Br. The van der Waals surface area contributed by atoms with Crippen molar-refractivity contribution in [3.63, 3.8) is 0 Å². The van der Waals surface area contributed by atoms with E-state index >= 15 is 0 Å². The van der Waals surface area contributed by atoms with Crippen LogP contribution in [-0.4, -0.2) is 11.9 Å². The average Bonchev–Trinajstić information content (AvgIpc) is 2.79. The summed E-state index contributed by atoms with van der Waals surface area (Å²) < 4.78 is 0.902. The lowest BCUT2D eigenvalue weighted by Crippen LogP contribution is -2.32. The van der Waals surface area contributed by atoms with Crippen LogP contribution in [0.25, 0.3) is 0 Å². The van der Waals surface area contributed by atoms with E-state index in [4.69, 9.17) is 17.4 Å². The van der Waals surface area contributed by atoms with Gasteiger partial charge >= 0.3 is 0 Å². The van der Waals surface area contributed by atoms with Gasteiger partial charge in [0.1, 0.15) is 5.84 Å². The van der Waals surface area contributed by atoms with E-state index in [1.54, 1.807) is 0 Å². The fourth-order valence-corrected chi connectivity index (χ4v) is 2.95. The van der Waals surface area contributed by atoms with Crippen LogP contribution in [0.2, 0.25) is 5.02 Å². The van der Waals surface area contributed by atoms with E-state index in [1.807, 2.05) is 18.2 Å². The first-order valence-electron chi connectivity index (χ1n) is 5.70. The Hall–Kier alpha value is -0.580. The zero-order chi connectivity index (χ0) is 12.3. The van der Waals surface area contributed by atoms with Gasteiger partial charge in [0.25, 0.3) is 0 Å². The van der Waals surface area contributed by atoms with E-state index in [1.165, 1.54) is 12.8 Å². The predicted octanol–water partition coefficient (Wildman–Crippen LogP) is 3.26. The highest BCUT2D eigenvalue weighted by Crippen LogP contribution is 2.24. The summed E-state index contributed by atoms with van der Waals surface area (Å²) in [5, 5.41) is 0.692. The second kappa shape index (κ2) is 5.85. The number of aliphatic imine (C=N–C) groups is 1. The molecule has 0 atom stereocenters. The van der Waals surface area contributed by atoms with Gasteiger partial charge in [-0.1, -0.05) is 24.4 Å². The maximum absolute atomic E-state index is 5.91. The highest BCUT2D eigenvalue weighted by Gasteiger charge is 2.16. The van der Waals surface area contributed by atoms with Gasteiger partial charge in [-0.3, -0.25) is 4.99 Å². The molecule has 0 radical (unpaired) electrons. The first kappa shape index (κ1) is 12.9. The molecule has 1 aliphatic carbocycles. The second-order valence-corrected chi connectivity index (χ2v) is 5.48. The first-order chi connectivity index (χ1) is 8.20. The zero-order valence-corrected chi connectivity index (χ0v) is 11.8. The van der Waals surface area contributed by atoms with Gasteiger partial charge in [0.15, 0.2) is 0 Å². The molecule has 0 heterocycles. The summed E-state index contributed by atoms with van der Waals surface area (Å²) in [5.41, 5.74) is 3.63. The first-order valence-corrected chi connectivity index (χ1v) is 6.87. The van der Waals surface area contributed by atoms with Crippen molar-refractivity contribution in [2.45, 2.75) is 31.7 Å². The summed E-state index contributed by atoms with van der Waals surface area (Å²) >= 11 is 9.39. The quantitative estimate of drug-likeness (QED) is 0.381. The van der Waals surface area contributed by atoms with Crippen LogP contribution in [0.1, 0.15) is 31.2 Å². The Bertz CT molecular complexity index is 428. The molecule has 1 aromatic rings. The third kappa shape index (κ3) is 3.21. The lowest BCUT2D eigenvalue weighted by molar-refractivity contribution is 0.700. The topological polar surface area (TPSA) is 50.4 Å². The van der Waals surface area contributed by atoms with Crippen molar-refractivity contribution >= 4 is 33.4 Å². The fourth-order valence-electron chi connectivity index (χ4n) is 2.08. The van der Waals surface area contributed by atoms with Crippen LogP contribution in [0, 0.1) is 0 Å². The largest absolute Gasteiger partial charge is 0.308 e. The van der Waals surface area contributed by atoms with Crippen LogP contribution >= 0.6 is 27.5 Å². The fraction of sp³-hybridized carbons (Fsp3) is 0.417. The summed E-state index contributed by atoms with van der Waals surface area (Å²) in [4.78, 5) is 4.66. The monoisotopic (exact) mass is 315 g/mol. The molecule has 0 spiro atoms. The normalized spacial score (nSPS) is 17.5. The Morgan fingerprint density at radius 2 is 2.12 bits per heavy atom. The van der Waals surface area contributed by atoms with Crippen molar-refractivity contribution in [1.82, 2.24) is 5.43 Å². The van der Waals surface area contributed by atoms with Crippen LogP contribution in [0.3, 0.4) is 0 Å². The Labute approximate surface area is 115 Å². The van der Waals surface area contributed by atoms with Gasteiger partial charge in [0.05, 0.1) is 6.04 Å². The molecule has 0 aliphatic heterocycles. The summed E-state index contributed by atoms with van der Waals surface area (Å²) in [7, 11) is 0. The molecule has 0 unspecified atom stereocenters. The van der Waals surface area contributed by atoms with E-state index in [0.717, 1.165) is 28.7 Å². The zero-order valence-electron chi connectivity index (χ0n) is 9.42. The molecule has 17 heavy (non-hydrogen) atoms. The maximum atomic E-state index is 5.91. The number of hydrazine groups is 1. The molecule has 5 heteroatoms. The molecule has 3 N–H and O–H groups in total. The number of hydrogen-bond donors (Lipinski definition) is 2. The molecule has 0 amide bonds. The van der Waals surface area contributed by atoms with Gasteiger partial charge in [-0.25, -0.2) is 5.84 Å². The lowest BCUT2D eigenvalue weighted by Gasteiger charge is -2.11. The van der Waals surface area contributed by atoms with Crippen LogP contribution in [0.15, 0.2) is 27.7 Å². The molecule has 0 saturated heterocycles. The van der Waals surface area contributed by atoms with E-state index in [0.29, 0.717) is 11.1 Å². The van der Waals surface area contributed by atoms with Crippen molar-refractivity contribution in [3.05, 3.63) is 33.3 Å². The molecule has 0 aromatic heterocycles. The molecular formula is C12H15BrClN3. The predicted molar refractivity (Wildman–Crippen MR) is 75.3 cm³/mol. The lowest BCUT2D eigenvalue weighted by atomic mass is 10.2. The summed E-state index contributed by atoms with van der Waals surface area (Å²) in [6, 6.07) is 5.99. The van der Waals surface area contributed by atoms with Crippen LogP contribution in [-0.2, 0) is 0 Å². The number of nitrogens with one attached hydrogen (secondary N) is 1. The minimum absolute atomic E-state index is 0.392. The number of nitrogens with two attached hydrogens (primary N) is 1. The van der Waals surface area contributed by atoms with E-state index in [2.05, 4.69) is 26.3 Å². The van der Waals surface area contributed by atoms with Gasteiger partial charge in [-0.2, -0.15) is 0 Å². The number of halogens is 2. The molecule has 1 aliphatic rings. The van der Waals surface area contributed by atoms with Crippen molar-refractivity contribution in [3.8, 4) is 0 Å². The molecule has 0 bridgehead atoms. The van der Waals surface area contributed by atoms with Crippen molar-refractivity contribution in [1.29, 1.82) is 0 Å². The molecule has 3 nitrogen and oxygen atoms in total. The minimum Gasteiger partial charge on any atom is -0.308 e. The summed E-state index contributed by atoms with van der Waals surface area (Å²) in [6.45, 7) is 0. The van der Waals surface area contributed by atoms with Gasteiger partial charge in [0, 0.05) is 15.1 Å². The molecular weight excluding hydrogens is 302 g/mol. The molecule has 1 saturated carbocycles. The standard InChI is InChI=1S/C12H15BrClN3/c13-11-7-8(14)5-6-10(11)12(17-15)16-9-3-1-2-4-9/h5-7,9H,1-4,15H2,(H,16,17). The van der Waals surface area contributed by atoms with Crippen molar-refractivity contribution in [2.75, 3.05) is 0 Å². The number of nitrogens with zero attached hydrogens (tertiary/aromatic N) is 1. The van der Waals surface area contributed by atoms with Crippen molar-refractivity contribution < 1.29 is 0 Å². The van der Waals surface area contributed by atoms with Gasteiger partial charge in [-0.15, -0.1) is 0 Å². The summed E-state index contributed by atoms with van der Waals surface area (Å²) in [6.07, 6.45) is 4.81. The molecule has 2 rings (SSSR count). The molecule has 1 aromatic carbocycles. The minimum atomic E-state index is 0.392. The third-order valence-electron chi connectivity index (χ3n) is 2.96. The maximum Gasteiger partial charge on any atom is 0.143 e. The van der Waals surface area contributed by atoms with Gasteiger partial charge < -0.3 is 5.43 Å². The van der Waals surface area contributed by atoms with Crippen LogP contribution < -0.4 is 11.3 Å². The molecule has 92 valence electrons. The Morgan fingerprint density at radius 1 is 1.41 bits per heavy atom. The highest BCUT2D eigenvalue weighted by atomic mass is 79.9. The summed E-state index contributed by atoms with van der Waals surface area (Å²) in [5.74, 6) is 6.28. The molecule has 1 fully saturated rings. The van der Waals surface area contributed by atoms with Gasteiger partial charge in [-0.05, 0) is 47.0 Å². The van der Waals surface area contributed by atoms with E-state index in [-0.39, 0.29) is 0 Å². The number of hydrogen-bond acceptors (Lipinski definition) is 2. The Balaban J connectivity index is 2.27. The van der Waals surface area contributed by atoms with E-state index in [9.17, 15) is 0 Å². The number of amidine groups is 1. The van der Waals surface area contributed by atoms with E-state index < -0.39 is 0 Å². The average molecular weight is 317 g/mol.